The molecule has 2 amide bonds. The van der Waals surface area contributed by atoms with Crippen LogP contribution < -0.4 is 5.32 Å². The third-order valence-electron chi connectivity index (χ3n) is 5.04. The lowest BCUT2D eigenvalue weighted by atomic mass is 9.87. The summed E-state index contributed by atoms with van der Waals surface area (Å²) in [4.78, 5) is 37.0. The fourth-order valence-electron chi connectivity index (χ4n) is 3.68. The monoisotopic (exact) mass is 380 g/mol. The minimum Gasteiger partial charge on any atom is -0.354 e. The van der Waals surface area contributed by atoms with E-state index in [-0.39, 0.29) is 17.7 Å². The van der Waals surface area contributed by atoms with Gasteiger partial charge in [0.15, 0.2) is 0 Å². The molecule has 0 atom stereocenters. The van der Waals surface area contributed by atoms with E-state index >= 15 is 0 Å². The third kappa shape index (κ3) is 3.30. The first kappa shape index (κ1) is 17.6. The quantitative estimate of drug-likeness (QED) is 0.758. The van der Waals surface area contributed by atoms with Crippen LogP contribution in [0, 0.1) is 0 Å². The third-order valence-corrected chi connectivity index (χ3v) is 6.16. The van der Waals surface area contributed by atoms with Gasteiger partial charge in [0.05, 0.1) is 10.4 Å². The number of aromatic nitrogens is 2. The number of nitrogens with one attached hydrogen (secondary N) is 1. The highest BCUT2D eigenvalue weighted by atomic mass is 32.1. The molecule has 6 nitrogen and oxygen atoms in total. The highest BCUT2D eigenvalue weighted by Crippen LogP contribution is 2.39. The van der Waals surface area contributed by atoms with Gasteiger partial charge in [0.1, 0.15) is 4.83 Å². The number of hydrogen-bond donors (Lipinski definition) is 1. The lowest BCUT2D eigenvalue weighted by molar-refractivity contribution is 0.0711. The molecule has 0 radical (unpaired) electrons. The van der Waals surface area contributed by atoms with E-state index in [2.05, 4.69) is 15.3 Å². The van der Waals surface area contributed by atoms with Crippen LogP contribution in [0.5, 0.6) is 0 Å². The maximum absolute atomic E-state index is 12.6. The number of thiophene rings is 1. The van der Waals surface area contributed by atoms with Crippen molar-refractivity contribution >= 4 is 33.4 Å². The number of hydrogen-bond acceptors (Lipinski definition) is 5. The highest BCUT2D eigenvalue weighted by Gasteiger charge is 2.30. The largest absolute Gasteiger partial charge is 0.354 e. The van der Waals surface area contributed by atoms with Gasteiger partial charge < -0.3 is 10.2 Å². The van der Waals surface area contributed by atoms with E-state index in [1.165, 1.54) is 11.3 Å². The van der Waals surface area contributed by atoms with Crippen LogP contribution in [0.4, 0.5) is 0 Å². The molecule has 3 aromatic rings. The Labute approximate surface area is 161 Å². The Hall–Kier alpha value is -2.80. The zero-order valence-corrected chi connectivity index (χ0v) is 15.8. The molecule has 0 aliphatic carbocycles. The molecule has 1 aliphatic rings. The summed E-state index contributed by atoms with van der Waals surface area (Å²) in [6, 6.07) is 7.52. The highest BCUT2D eigenvalue weighted by molar-refractivity contribution is 7.20. The molecular formula is C20H20N4O2S. The first-order chi connectivity index (χ1) is 13.2. The van der Waals surface area contributed by atoms with Crippen molar-refractivity contribution in [2.24, 2.45) is 0 Å². The van der Waals surface area contributed by atoms with Gasteiger partial charge in [-0.05, 0) is 42.5 Å². The number of carbonyl (C=O) groups excluding carboxylic acids is 2. The number of pyridine rings is 2. The van der Waals surface area contributed by atoms with Gasteiger partial charge in [0.25, 0.3) is 11.8 Å². The first-order valence-electron chi connectivity index (χ1n) is 8.98. The van der Waals surface area contributed by atoms with Crippen LogP contribution in [0.25, 0.3) is 10.2 Å². The van der Waals surface area contributed by atoms with Gasteiger partial charge in [-0.3, -0.25) is 14.6 Å². The van der Waals surface area contributed by atoms with Crippen molar-refractivity contribution in [1.82, 2.24) is 20.2 Å². The van der Waals surface area contributed by atoms with Gasteiger partial charge in [-0.1, -0.05) is 6.07 Å². The Morgan fingerprint density at radius 1 is 1.19 bits per heavy atom. The Bertz CT molecular complexity index is 978. The second-order valence-corrected chi connectivity index (χ2v) is 7.59. The van der Waals surface area contributed by atoms with E-state index in [1.807, 2.05) is 17.0 Å². The molecule has 0 bridgehead atoms. The molecule has 1 aliphatic heterocycles. The van der Waals surface area contributed by atoms with Crippen LogP contribution in [-0.4, -0.2) is 46.8 Å². The smallest absolute Gasteiger partial charge is 0.261 e. The molecule has 0 aromatic carbocycles. The number of amides is 2. The Kier molecular flexibility index (Phi) is 4.85. The van der Waals surface area contributed by atoms with Crippen molar-refractivity contribution in [3.63, 3.8) is 0 Å². The summed E-state index contributed by atoms with van der Waals surface area (Å²) in [6.07, 6.45) is 6.69. The molecule has 0 saturated carbocycles. The molecule has 138 valence electrons. The number of fused-ring (bicyclic) bond motifs is 1. The number of rotatable bonds is 3. The van der Waals surface area contributed by atoms with Crippen LogP contribution in [0.2, 0.25) is 0 Å². The topological polar surface area (TPSA) is 75.2 Å². The van der Waals surface area contributed by atoms with Gasteiger partial charge in [0, 0.05) is 44.1 Å². The van der Waals surface area contributed by atoms with Crippen LogP contribution in [-0.2, 0) is 0 Å². The average Bonchev–Trinajstić information content (AvgIpc) is 3.13. The second-order valence-electron chi connectivity index (χ2n) is 6.59. The van der Waals surface area contributed by atoms with Crippen LogP contribution in [0.1, 0.15) is 44.4 Å². The zero-order chi connectivity index (χ0) is 18.8. The molecule has 1 saturated heterocycles. The van der Waals surface area contributed by atoms with Gasteiger partial charge in [0.2, 0.25) is 0 Å². The van der Waals surface area contributed by atoms with Crippen molar-refractivity contribution in [1.29, 1.82) is 0 Å². The van der Waals surface area contributed by atoms with E-state index in [1.54, 1.807) is 37.8 Å². The average molecular weight is 380 g/mol. The first-order valence-corrected chi connectivity index (χ1v) is 9.79. The molecule has 1 N–H and O–H groups in total. The minimum atomic E-state index is -0.0677. The Balaban J connectivity index is 1.58. The summed E-state index contributed by atoms with van der Waals surface area (Å²) >= 11 is 1.44. The Morgan fingerprint density at radius 2 is 1.96 bits per heavy atom. The van der Waals surface area contributed by atoms with E-state index in [4.69, 9.17) is 0 Å². The van der Waals surface area contributed by atoms with Crippen molar-refractivity contribution in [2.45, 2.75) is 18.8 Å². The minimum absolute atomic E-state index is 0.0184. The van der Waals surface area contributed by atoms with E-state index in [0.717, 1.165) is 33.5 Å². The normalized spacial score (nSPS) is 15.1. The Morgan fingerprint density at radius 3 is 2.67 bits per heavy atom. The summed E-state index contributed by atoms with van der Waals surface area (Å²) in [5.74, 6) is 0.194. The molecule has 0 spiro atoms. The van der Waals surface area contributed by atoms with Crippen molar-refractivity contribution < 1.29 is 9.59 Å². The molecule has 3 aromatic heterocycles. The van der Waals surface area contributed by atoms with Crippen LogP contribution >= 0.6 is 11.3 Å². The zero-order valence-electron chi connectivity index (χ0n) is 15.0. The molecule has 1 fully saturated rings. The van der Waals surface area contributed by atoms with Crippen LogP contribution in [0.15, 0.2) is 42.9 Å². The van der Waals surface area contributed by atoms with Gasteiger partial charge in [-0.25, -0.2) is 4.98 Å². The predicted octanol–water partition coefficient (Wildman–Crippen LogP) is 3.07. The summed E-state index contributed by atoms with van der Waals surface area (Å²) < 4.78 is 0. The summed E-state index contributed by atoms with van der Waals surface area (Å²) in [6.45, 7) is 1.34. The molecule has 0 unspecified atom stereocenters. The van der Waals surface area contributed by atoms with E-state index in [9.17, 15) is 9.59 Å². The molecule has 4 rings (SSSR count). The molecule has 7 heteroatoms. The van der Waals surface area contributed by atoms with E-state index in [0.29, 0.717) is 18.7 Å². The van der Waals surface area contributed by atoms with Gasteiger partial charge >= 0.3 is 0 Å². The van der Waals surface area contributed by atoms with Crippen molar-refractivity contribution in [2.75, 3.05) is 20.1 Å². The number of nitrogens with zero attached hydrogens (tertiary/aromatic N) is 3. The van der Waals surface area contributed by atoms with Crippen LogP contribution in [0.3, 0.4) is 0 Å². The standard InChI is InChI=1S/C20H20N4O2S/c1-21-18(25)17-16(15-5-3-9-23-19(15)27-17)13-6-10-24(11-7-13)20(26)14-4-2-8-22-12-14/h2-5,8-9,12-13H,6-7,10-11H2,1H3,(H,21,25). The SMILES string of the molecule is CNC(=O)c1sc2ncccc2c1C1CCN(C(=O)c2cccnc2)CC1. The number of likely N-dealkylation sites (tertiary alicyclic amines) is 1. The summed E-state index contributed by atoms with van der Waals surface area (Å²) in [7, 11) is 1.65. The fraction of sp³-hybridized carbons (Fsp3) is 0.300. The molecule has 4 heterocycles. The number of carbonyl (C=O) groups is 2. The van der Waals surface area contributed by atoms with Crippen molar-refractivity contribution in [3.8, 4) is 0 Å². The maximum Gasteiger partial charge on any atom is 0.261 e. The fourth-order valence-corrected chi connectivity index (χ4v) is 4.86. The predicted molar refractivity (Wildman–Crippen MR) is 105 cm³/mol. The lowest BCUT2D eigenvalue weighted by Crippen LogP contribution is -2.38. The number of piperidine rings is 1. The second kappa shape index (κ2) is 7.44. The van der Waals surface area contributed by atoms with Crippen molar-refractivity contribution in [3.05, 3.63) is 58.9 Å². The molecular weight excluding hydrogens is 360 g/mol. The lowest BCUT2D eigenvalue weighted by Gasteiger charge is -2.32. The maximum atomic E-state index is 12.6. The molecule has 27 heavy (non-hydrogen) atoms. The summed E-state index contributed by atoms with van der Waals surface area (Å²) in [5.41, 5.74) is 1.70. The summed E-state index contributed by atoms with van der Waals surface area (Å²) in [5, 5.41) is 3.80. The van der Waals surface area contributed by atoms with Gasteiger partial charge in [-0.15, -0.1) is 11.3 Å². The van der Waals surface area contributed by atoms with Gasteiger partial charge in [-0.2, -0.15) is 0 Å². The van der Waals surface area contributed by atoms with E-state index < -0.39 is 0 Å².